The molecular weight excluding hydrogens is 304 g/mol. The van der Waals surface area contributed by atoms with Crippen LogP contribution in [0.4, 0.5) is 5.69 Å². The third-order valence-corrected chi connectivity index (χ3v) is 4.07. The van der Waals surface area contributed by atoms with Crippen molar-refractivity contribution in [2.24, 2.45) is 0 Å². The van der Waals surface area contributed by atoms with Gasteiger partial charge in [0.2, 0.25) is 5.91 Å². The van der Waals surface area contributed by atoms with Gasteiger partial charge in [-0.1, -0.05) is 30.3 Å². The van der Waals surface area contributed by atoms with Gasteiger partial charge in [0.1, 0.15) is 18.3 Å². The monoisotopic (exact) mass is 326 g/mol. The van der Waals surface area contributed by atoms with Crippen molar-refractivity contribution in [3.8, 4) is 5.75 Å². The van der Waals surface area contributed by atoms with Crippen molar-refractivity contribution in [2.45, 2.75) is 12.5 Å². The molecule has 0 bridgehead atoms. The summed E-state index contributed by atoms with van der Waals surface area (Å²) in [6, 6.07) is 15.7. The van der Waals surface area contributed by atoms with Gasteiger partial charge in [0.25, 0.3) is 0 Å². The number of benzene rings is 2. The Morgan fingerprint density at radius 2 is 2.00 bits per heavy atom. The first-order valence-corrected chi connectivity index (χ1v) is 8.09. The van der Waals surface area contributed by atoms with Gasteiger partial charge in [0.15, 0.2) is 0 Å². The van der Waals surface area contributed by atoms with E-state index in [2.05, 4.69) is 10.6 Å². The summed E-state index contributed by atoms with van der Waals surface area (Å²) in [5, 5.41) is 6.26. The standard InChI is InChI=1S/C19H22N2O3/c1-23-11-10-20-15-8-6-14(7-9-15)12-21-19(22)17-13-24-18-5-3-2-4-16(17)18/h2-9,17,20H,10-13H2,1H3,(H,21,22)/t17-/m1/s1. The minimum Gasteiger partial charge on any atom is -0.492 e. The van der Waals surface area contributed by atoms with Crippen LogP contribution in [0.25, 0.3) is 0 Å². The van der Waals surface area contributed by atoms with E-state index in [1.165, 1.54) is 0 Å². The largest absolute Gasteiger partial charge is 0.492 e. The molecule has 0 spiro atoms. The first kappa shape index (κ1) is 16.3. The van der Waals surface area contributed by atoms with Crippen molar-refractivity contribution in [3.05, 3.63) is 59.7 Å². The number of anilines is 1. The van der Waals surface area contributed by atoms with Crippen molar-refractivity contribution in [1.82, 2.24) is 5.32 Å². The van der Waals surface area contributed by atoms with Crippen LogP contribution < -0.4 is 15.4 Å². The molecule has 126 valence electrons. The molecule has 5 nitrogen and oxygen atoms in total. The van der Waals surface area contributed by atoms with E-state index in [1.807, 2.05) is 48.5 Å². The molecule has 2 N–H and O–H groups in total. The summed E-state index contributed by atoms with van der Waals surface area (Å²) in [6.07, 6.45) is 0. The molecule has 0 saturated carbocycles. The number of fused-ring (bicyclic) bond motifs is 1. The topological polar surface area (TPSA) is 59.6 Å². The minimum absolute atomic E-state index is 0.00208. The molecule has 0 fully saturated rings. The molecule has 1 aliphatic heterocycles. The lowest BCUT2D eigenvalue weighted by Crippen LogP contribution is -2.29. The highest BCUT2D eigenvalue weighted by atomic mass is 16.5. The molecule has 2 aromatic carbocycles. The second-order valence-corrected chi connectivity index (χ2v) is 5.74. The van der Waals surface area contributed by atoms with Crippen LogP contribution in [0.5, 0.6) is 5.75 Å². The van der Waals surface area contributed by atoms with Gasteiger partial charge in [-0.3, -0.25) is 4.79 Å². The Labute approximate surface area is 142 Å². The molecule has 1 atom stereocenters. The quantitative estimate of drug-likeness (QED) is 0.768. The van der Waals surface area contributed by atoms with Crippen molar-refractivity contribution < 1.29 is 14.3 Å². The molecule has 2 aromatic rings. The molecule has 1 heterocycles. The van der Waals surface area contributed by atoms with Gasteiger partial charge >= 0.3 is 0 Å². The smallest absolute Gasteiger partial charge is 0.231 e. The summed E-state index contributed by atoms with van der Waals surface area (Å²) >= 11 is 0. The molecule has 0 saturated heterocycles. The van der Waals surface area contributed by atoms with Crippen LogP contribution in [0.15, 0.2) is 48.5 Å². The second kappa shape index (κ2) is 7.84. The average Bonchev–Trinajstić information content (AvgIpc) is 3.05. The van der Waals surface area contributed by atoms with Gasteiger partial charge < -0.3 is 20.1 Å². The highest BCUT2D eigenvalue weighted by Crippen LogP contribution is 2.33. The number of methoxy groups -OCH3 is 1. The summed E-state index contributed by atoms with van der Waals surface area (Å²) in [4.78, 5) is 12.4. The normalized spacial score (nSPS) is 15.5. The lowest BCUT2D eigenvalue weighted by atomic mass is 10.0. The highest BCUT2D eigenvalue weighted by Gasteiger charge is 2.29. The Bertz CT molecular complexity index is 685. The van der Waals surface area contributed by atoms with Crippen molar-refractivity contribution >= 4 is 11.6 Å². The zero-order chi connectivity index (χ0) is 16.8. The van der Waals surface area contributed by atoms with E-state index < -0.39 is 0 Å². The van der Waals surface area contributed by atoms with Crippen molar-refractivity contribution in [1.29, 1.82) is 0 Å². The fourth-order valence-electron chi connectivity index (χ4n) is 2.73. The lowest BCUT2D eigenvalue weighted by Gasteiger charge is -2.11. The number of rotatable bonds is 7. The maximum atomic E-state index is 12.4. The second-order valence-electron chi connectivity index (χ2n) is 5.74. The Kier molecular flexibility index (Phi) is 5.33. The zero-order valence-corrected chi connectivity index (χ0v) is 13.7. The van der Waals surface area contributed by atoms with E-state index >= 15 is 0 Å². The molecule has 1 amide bonds. The number of hydrogen-bond acceptors (Lipinski definition) is 4. The molecule has 0 unspecified atom stereocenters. The Hall–Kier alpha value is -2.53. The third kappa shape index (κ3) is 3.86. The Morgan fingerprint density at radius 3 is 2.79 bits per heavy atom. The van der Waals surface area contributed by atoms with Crippen LogP contribution in [-0.2, 0) is 16.1 Å². The highest BCUT2D eigenvalue weighted by molar-refractivity contribution is 5.85. The fraction of sp³-hybridized carbons (Fsp3) is 0.316. The average molecular weight is 326 g/mol. The first-order chi connectivity index (χ1) is 11.8. The molecule has 3 rings (SSSR count). The number of ether oxygens (including phenoxy) is 2. The molecule has 0 aromatic heterocycles. The number of para-hydroxylation sites is 1. The predicted octanol–water partition coefficient (Wildman–Crippen LogP) is 2.54. The predicted molar refractivity (Wildman–Crippen MR) is 93.3 cm³/mol. The molecule has 5 heteroatoms. The van der Waals surface area contributed by atoms with Gasteiger partial charge in [-0.25, -0.2) is 0 Å². The van der Waals surface area contributed by atoms with Gasteiger partial charge in [-0.2, -0.15) is 0 Å². The van der Waals surface area contributed by atoms with Gasteiger partial charge in [0, 0.05) is 31.5 Å². The van der Waals surface area contributed by atoms with Crippen LogP contribution in [0, 0.1) is 0 Å². The van der Waals surface area contributed by atoms with E-state index in [4.69, 9.17) is 9.47 Å². The number of carbonyl (C=O) groups excluding carboxylic acids is 1. The van der Waals surface area contributed by atoms with Crippen LogP contribution in [-0.4, -0.2) is 32.8 Å². The summed E-state index contributed by atoms with van der Waals surface area (Å²) in [5.74, 6) is 0.586. The van der Waals surface area contributed by atoms with Crippen LogP contribution in [0.1, 0.15) is 17.0 Å². The molecule has 0 radical (unpaired) electrons. The zero-order valence-electron chi connectivity index (χ0n) is 13.7. The maximum absolute atomic E-state index is 12.4. The third-order valence-electron chi connectivity index (χ3n) is 4.07. The molecule has 0 aliphatic carbocycles. The molecule has 1 aliphatic rings. The van der Waals surface area contributed by atoms with E-state index in [1.54, 1.807) is 7.11 Å². The van der Waals surface area contributed by atoms with E-state index in [9.17, 15) is 4.79 Å². The van der Waals surface area contributed by atoms with Crippen molar-refractivity contribution in [3.63, 3.8) is 0 Å². The van der Waals surface area contributed by atoms with Crippen LogP contribution in [0.2, 0.25) is 0 Å². The lowest BCUT2D eigenvalue weighted by molar-refractivity contribution is -0.122. The SMILES string of the molecule is COCCNc1ccc(CNC(=O)[C@@H]2COc3ccccc32)cc1. The molecular formula is C19H22N2O3. The van der Waals surface area contributed by atoms with Gasteiger partial charge in [0.05, 0.1) is 6.61 Å². The maximum Gasteiger partial charge on any atom is 0.231 e. The Morgan fingerprint density at radius 1 is 1.21 bits per heavy atom. The van der Waals surface area contributed by atoms with Crippen molar-refractivity contribution in [2.75, 3.05) is 32.2 Å². The van der Waals surface area contributed by atoms with Crippen LogP contribution in [0.3, 0.4) is 0 Å². The van der Waals surface area contributed by atoms with Gasteiger partial charge in [-0.15, -0.1) is 0 Å². The number of carbonyl (C=O) groups is 1. The van der Waals surface area contributed by atoms with E-state index in [0.29, 0.717) is 19.8 Å². The summed E-state index contributed by atoms with van der Waals surface area (Å²) in [6.45, 7) is 2.36. The fourth-order valence-corrected chi connectivity index (χ4v) is 2.73. The summed E-state index contributed by atoms with van der Waals surface area (Å²) < 4.78 is 10.6. The van der Waals surface area contributed by atoms with Crippen LogP contribution >= 0.6 is 0 Å². The minimum atomic E-state index is -0.226. The number of amides is 1. The number of hydrogen-bond donors (Lipinski definition) is 2. The summed E-state index contributed by atoms with van der Waals surface area (Å²) in [7, 11) is 1.68. The summed E-state index contributed by atoms with van der Waals surface area (Å²) in [5.41, 5.74) is 3.07. The van der Waals surface area contributed by atoms with E-state index in [0.717, 1.165) is 29.1 Å². The first-order valence-electron chi connectivity index (χ1n) is 8.09. The number of nitrogens with one attached hydrogen (secondary N) is 2. The van der Waals surface area contributed by atoms with E-state index in [-0.39, 0.29) is 11.8 Å². The van der Waals surface area contributed by atoms with Gasteiger partial charge in [-0.05, 0) is 23.8 Å². The molecule has 24 heavy (non-hydrogen) atoms. The Balaban J connectivity index is 1.52.